The average molecular weight is 1050 g/mol. The maximum absolute atomic E-state index is 12.7. The summed E-state index contributed by atoms with van der Waals surface area (Å²) in [6.07, 6.45) is 0.659. The van der Waals surface area contributed by atoms with Crippen molar-refractivity contribution in [3.05, 3.63) is 87.9 Å². The number of nitrogens with one attached hydrogen (secondary N) is 4. The van der Waals surface area contributed by atoms with Gasteiger partial charge in [0, 0.05) is 0 Å². The van der Waals surface area contributed by atoms with E-state index in [-0.39, 0.29) is 320 Å². The van der Waals surface area contributed by atoms with Gasteiger partial charge in [0.1, 0.15) is 35.1 Å². The minimum absolute atomic E-state index is 0. The van der Waals surface area contributed by atoms with Crippen LogP contribution in [-0.4, -0.2) is 81.1 Å². The quantitative estimate of drug-likeness (QED) is 0.0139. The number of nitrogens with zero attached hydrogens (tertiary/aromatic N) is 13. The molecule has 0 aliphatic rings. The van der Waals surface area contributed by atoms with E-state index >= 15 is 0 Å². The largest absolute Gasteiger partial charge is 1.00 e. The smallest absolute Gasteiger partial charge is 0.834 e. The second-order valence-electron chi connectivity index (χ2n) is 12.6. The van der Waals surface area contributed by atoms with E-state index in [4.69, 9.17) is 16.9 Å². The second-order valence-corrected chi connectivity index (χ2v) is 12.6. The first-order chi connectivity index (χ1) is 29.9. The Labute approximate surface area is 594 Å². The van der Waals surface area contributed by atoms with Gasteiger partial charge in [-0.3, -0.25) is 10.5 Å². The molecular weight excluding hydrogens is 1030 g/mol. The van der Waals surface area contributed by atoms with E-state index in [9.17, 15) is 55.2 Å². The number of hydrogen-bond acceptors (Lipinski definition) is 24. The zero-order valence-corrected chi connectivity index (χ0v) is 52.5. The van der Waals surface area contributed by atoms with E-state index in [2.05, 4.69) is 56.3 Å². The number of nitriles is 2. The summed E-state index contributed by atoms with van der Waals surface area (Å²) >= 11 is 0. The van der Waals surface area contributed by atoms with Crippen molar-refractivity contribution < 1.29 is 306 Å². The topological polar surface area (TPSA) is 462 Å². The normalized spacial score (nSPS) is 10.9. The Kier molecular flexibility index (Phi) is 26.9. The molecule has 8 N–H and O–H groups in total. The predicted octanol–water partition coefficient (Wildman–Crippen LogP) is -19.4. The maximum Gasteiger partial charge on any atom is 1.00 e. The summed E-state index contributed by atoms with van der Waals surface area (Å²) in [5, 5.41) is 112. The molecule has 6 aromatic rings. The van der Waals surface area contributed by atoms with Crippen LogP contribution < -0.4 is 309 Å². The molecule has 0 fully saturated rings. The third-order valence-electron chi connectivity index (χ3n) is 8.43. The van der Waals surface area contributed by atoms with Gasteiger partial charge >= 0.3 is 263 Å². The van der Waals surface area contributed by atoms with Crippen LogP contribution in [0.2, 0.25) is 0 Å². The molecule has 6 rings (SSSR count). The van der Waals surface area contributed by atoms with Gasteiger partial charge in [-0.25, -0.2) is 9.36 Å². The average Bonchev–Trinajstić information content (AvgIpc) is 3.93. The molecule has 1 unspecified atom stereocenters. The van der Waals surface area contributed by atoms with Gasteiger partial charge in [-0.15, -0.1) is 14.9 Å². The molecule has 4 aromatic heterocycles. The first-order valence-corrected chi connectivity index (χ1v) is 17.2. The molecule has 68 heavy (non-hydrogen) atoms. The number of aryl methyl sites for hydroxylation is 1. The van der Waals surface area contributed by atoms with E-state index in [0.29, 0.717) is 0 Å². The third-order valence-corrected chi connectivity index (χ3v) is 8.43. The van der Waals surface area contributed by atoms with Gasteiger partial charge in [0.2, 0.25) is 5.82 Å². The van der Waals surface area contributed by atoms with Crippen molar-refractivity contribution in [3.63, 3.8) is 0 Å². The summed E-state index contributed by atoms with van der Waals surface area (Å²) in [7, 11) is 0. The molecule has 28 nitrogen and oxygen atoms in total. The van der Waals surface area contributed by atoms with Crippen molar-refractivity contribution in [2.75, 3.05) is 16.5 Å². The number of rotatable bonds is 15. The fraction of sp³-hybridized carbons (Fsp3) is 0.0857. The molecule has 316 valence electrons. The van der Waals surface area contributed by atoms with Crippen LogP contribution in [0.4, 0.5) is 29.1 Å². The van der Waals surface area contributed by atoms with Crippen molar-refractivity contribution in [2.24, 2.45) is 21.1 Å². The summed E-state index contributed by atoms with van der Waals surface area (Å²) in [6, 6.07) is 8.28. The van der Waals surface area contributed by atoms with E-state index < -0.39 is 70.2 Å². The minimum Gasteiger partial charge on any atom is -0.834 e. The Bertz CT molecular complexity index is 3020. The summed E-state index contributed by atoms with van der Waals surface area (Å²) in [6.45, 7) is 2.77. The number of H-pyrrole nitrogens is 1. The first-order valence-electron chi connectivity index (χ1n) is 17.2. The molecule has 0 aliphatic carbocycles. The van der Waals surface area contributed by atoms with E-state index in [1.807, 2.05) is 12.1 Å². The molecule has 0 radical (unpaired) electrons. The minimum atomic E-state index is -1.71. The Hall–Kier alpha value is -1.78. The number of carbonyl (C=O) groups is 4. The number of hydrazone groups is 1. The van der Waals surface area contributed by atoms with Crippen LogP contribution in [0.3, 0.4) is 0 Å². The van der Waals surface area contributed by atoms with E-state index in [0.717, 1.165) is 62.8 Å². The molecule has 0 amide bonds. The number of aromatic amines is 1. The molecule has 0 aliphatic heterocycles. The number of aromatic nitrogens is 9. The number of carbonyl (C=O) groups excluding carboxylic acids is 4. The SMILES string of the molecule is CC(=N)C(=NNc1c(C#N)cnn1-c1cc(C(=O)[O-])cc(C(=O)[O-])c1)C(N)Nc1nc([O-])nc(-[n+]2[nH]c(C)c(N=Nc3c(C#N)cnn3-c3cc(C(=O)[O-])cc(C(=O)[O-])c3)c2N)n1.[K+].[K+].[K+].[K+].[K+]. The van der Waals surface area contributed by atoms with Crippen molar-refractivity contribution in [2.45, 2.75) is 20.0 Å². The van der Waals surface area contributed by atoms with Crippen molar-refractivity contribution >= 4 is 64.4 Å². The monoisotopic (exact) mass is 1050 g/mol. The molecule has 0 saturated heterocycles. The van der Waals surface area contributed by atoms with Gasteiger partial charge < -0.3 is 66.9 Å². The fourth-order valence-electron chi connectivity index (χ4n) is 5.56. The number of azo groups is 1. The summed E-state index contributed by atoms with van der Waals surface area (Å²) in [4.78, 5) is 57.9. The Morgan fingerprint density at radius 2 is 1.28 bits per heavy atom. The van der Waals surface area contributed by atoms with Gasteiger partial charge in [-0.2, -0.15) is 30.8 Å². The van der Waals surface area contributed by atoms with Crippen LogP contribution in [0.15, 0.2) is 64.1 Å². The van der Waals surface area contributed by atoms with Crippen LogP contribution in [0.25, 0.3) is 17.3 Å². The number of aromatic carboxylic acids is 4. The molecular formula is C35H23K5N19O9+. The second kappa shape index (κ2) is 28.5. The van der Waals surface area contributed by atoms with Crippen LogP contribution >= 0.6 is 0 Å². The van der Waals surface area contributed by atoms with Crippen molar-refractivity contribution in [3.8, 4) is 35.5 Å². The van der Waals surface area contributed by atoms with Crippen LogP contribution in [0.5, 0.6) is 6.01 Å². The molecule has 0 saturated carbocycles. The van der Waals surface area contributed by atoms with Crippen LogP contribution in [0, 0.1) is 35.0 Å². The number of carboxylic acid groups (broad SMARTS) is 4. The molecule has 1 atom stereocenters. The molecule has 4 heterocycles. The fourth-order valence-corrected chi connectivity index (χ4v) is 5.56. The zero-order valence-electron chi connectivity index (χ0n) is 36.8. The van der Waals surface area contributed by atoms with Gasteiger partial charge in [0.25, 0.3) is 5.95 Å². The van der Waals surface area contributed by atoms with Gasteiger partial charge in [-0.05, 0) is 72.5 Å². The van der Waals surface area contributed by atoms with Crippen molar-refractivity contribution in [1.82, 2.24) is 39.6 Å². The Morgan fingerprint density at radius 1 is 0.794 bits per heavy atom. The maximum atomic E-state index is 12.7. The molecule has 33 heteroatoms. The van der Waals surface area contributed by atoms with Gasteiger partial charge in [0.05, 0.1) is 59.1 Å². The number of nitrogens with two attached hydrogens (primary N) is 2. The van der Waals surface area contributed by atoms with Crippen LogP contribution in [0.1, 0.15) is 65.2 Å². The number of benzene rings is 2. The van der Waals surface area contributed by atoms with E-state index in [1.165, 1.54) is 13.8 Å². The predicted molar refractivity (Wildman–Crippen MR) is 198 cm³/mol. The zero-order chi connectivity index (χ0) is 45.9. The number of nitrogen functional groups attached to an aromatic ring is 1. The van der Waals surface area contributed by atoms with Gasteiger partial charge in [-0.1, -0.05) is 9.97 Å². The molecule has 0 bridgehead atoms. The van der Waals surface area contributed by atoms with Crippen LogP contribution in [-0.2, 0) is 0 Å². The summed E-state index contributed by atoms with van der Waals surface area (Å²) < 4.78 is 2.90. The number of carboxylic acids is 4. The van der Waals surface area contributed by atoms with E-state index in [1.54, 1.807) is 0 Å². The number of anilines is 3. The molecule has 0 spiro atoms. The molecule has 2 aromatic carbocycles. The van der Waals surface area contributed by atoms with Crippen molar-refractivity contribution in [1.29, 1.82) is 15.9 Å². The summed E-state index contributed by atoms with van der Waals surface area (Å²) in [5.74, 6) is -8.44. The third kappa shape index (κ3) is 15.1. The van der Waals surface area contributed by atoms with Gasteiger partial charge in [0.15, 0.2) is 23.3 Å². The Balaban J connectivity index is 0.00000462. The standard InChI is InChI=1S/C35H27N19O9.5K/c1-13(38)23(47-49-27-19(9-36)11-41-52(27)21-5-15(29(55)56)3-16(6-21)30(57)58)25(39)43-33-44-34(46-35(63)45-33)54-26(40)24(14(2)51-54)48-50-28-20(10-37)12-42-53(28)22-7-17(31(59)60)4-18(8-22)32(61)62;;;;;/h3-8,11-12,25H,39H2,1-2H3,(H10,38,40,41,42,43,44,45,46,49,50,51,55,56,57,58,59,60,61,62,63);;;;;/q;5*+1/p-4. The summed E-state index contributed by atoms with van der Waals surface area (Å²) in [5.41, 5.74) is 12.0. The number of hydrogen-bond donors (Lipinski definition) is 6. The first kappa shape index (κ1) is 64.2. The Morgan fingerprint density at radius 3 is 1.76 bits per heavy atom.